The van der Waals surface area contributed by atoms with Crippen LogP contribution in [-0.4, -0.2) is 35.9 Å². The maximum Gasteiger partial charge on any atom is 0.416 e. The first kappa shape index (κ1) is 22.5. The van der Waals surface area contributed by atoms with E-state index in [4.69, 9.17) is 0 Å². The van der Waals surface area contributed by atoms with Crippen molar-refractivity contribution < 1.29 is 27.3 Å². The van der Waals surface area contributed by atoms with Crippen LogP contribution in [0.2, 0.25) is 0 Å². The lowest BCUT2D eigenvalue weighted by Gasteiger charge is -2.34. The molecule has 2 aromatic rings. The fourth-order valence-electron chi connectivity index (χ4n) is 3.73. The van der Waals surface area contributed by atoms with Crippen LogP contribution in [0.25, 0.3) is 0 Å². The van der Waals surface area contributed by atoms with Gasteiger partial charge >= 0.3 is 6.18 Å². The highest BCUT2D eigenvalue weighted by Gasteiger charge is 2.35. The van der Waals surface area contributed by atoms with Crippen LogP contribution in [0.1, 0.15) is 24.0 Å². The molecule has 1 saturated heterocycles. The second-order valence-electron chi connectivity index (χ2n) is 7.54. The molecule has 0 spiro atoms. The molecule has 0 aliphatic carbocycles. The van der Waals surface area contributed by atoms with Crippen LogP contribution in [0.15, 0.2) is 42.5 Å². The Bertz CT molecular complexity index is 955. The summed E-state index contributed by atoms with van der Waals surface area (Å²) in [5, 5.41) is 11.3. The third kappa shape index (κ3) is 5.31. The van der Waals surface area contributed by atoms with E-state index in [0.717, 1.165) is 17.7 Å². The zero-order chi connectivity index (χ0) is 22.8. The molecule has 1 aliphatic rings. The molecule has 166 valence electrons. The van der Waals surface area contributed by atoms with Crippen molar-refractivity contribution in [3.05, 3.63) is 69.5 Å². The Morgan fingerprint density at radius 1 is 1.16 bits per heavy atom. The number of hydrogen-bond donors (Lipinski definition) is 0. The average Bonchev–Trinajstić information content (AvgIpc) is 2.73. The van der Waals surface area contributed by atoms with Gasteiger partial charge in [-0.1, -0.05) is 12.1 Å². The van der Waals surface area contributed by atoms with Crippen LogP contribution in [0.5, 0.6) is 0 Å². The number of alkyl halides is 3. The highest BCUT2D eigenvalue weighted by Crippen LogP contribution is 2.37. The lowest BCUT2D eigenvalue weighted by Crippen LogP contribution is -2.41. The van der Waals surface area contributed by atoms with Gasteiger partial charge in [-0.15, -0.1) is 0 Å². The Morgan fingerprint density at radius 2 is 1.77 bits per heavy atom. The molecule has 0 atom stereocenters. The second-order valence-corrected chi connectivity index (χ2v) is 7.54. The van der Waals surface area contributed by atoms with Crippen LogP contribution in [0.3, 0.4) is 0 Å². The summed E-state index contributed by atoms with van der Waals surface area (Å²) in [6, 6.07) is 8.34. The minimum atomic E-state index is -4.67. The van der Waals surface area contributed by atoms with Crippen molar-refractivity contribution >= 4 is 17.3 Å². The van der Waals surface area contributed by atoms with Gasteiger partial charge in [0.15, 0.2) is 0 Å². The molecule has 0 bridgehead atoms. The number of piperidine rings is 1. The molecule has 3 rings (SSSR count). The molecule has 0 radical (unpaired) electrons. The zero-order valence-corrected chi connectivity index (χ0v) is 16.7. The largest absolute Gasteiger partial charge is 0.416 e. The zero-order valence-electron chi connectivity index (χ0n) is 16.7. The molecular formula is C21H21F4N3O3. The van der Waals surface area contributed by atoms with E-state index in [1.807, 2.05) is 0 Å². The second kappa shape index (κ2) is 8.91. The summed E-state index contributed by atoms with van der Waals surface area (Å²) < 4.78 is 51.7. The summed E-state index contributed by atoms with van der Waals surface area (Å²) in [4.78, 5) is 26.4. The van der Waals surface area contributed by atoms with E-state index in [9.17, 15) is 32.5 Å². The van der Waals surface area contributed by atoms with Gasteiger partial charge in [0, 0.05) is 38.7 Å². The quantitative estimate of drug-likeness (QED) is 0.387. The number of rotatable bonds is 5. The minimum absolute atomic E-state index is 0.0918. The van der Waals surface area contributed by atoms with Gasteiger partial charge in [0.1, 0.15) is 11.5 Å². The number of carbonyl (C=O) groups is 1. The highest BCUT2D eigenvalue weighted by molar-refractivity contribution is 5.79. The van der Waals surface area contributed by atoms with Crippen LogP contribution < -0.4 is 4.90 Å². The molecular weight excluding hydrogens is 418 g/mol. The molecule has 1 heterocycles. The fraction of sp³-hybridized carbons (Fsp3) is 0.381. The third-order valence-electron chi connectivity index (χ3n) is 5.39. The number of nitrogens with zero attached hydrogens (tertiary/aromatic N) is 3. The molecule has 0 aromatic heterocycles. The fourth-order valence-corrected chi connectivity index (χ4v) is 3.73. The molecule has 6 nitrogen and oxygen atoms in total. The summed E-state index contributed by atoms with van der Waals surface area (Å²) in [7, 11) is 1.65. The first-order valence-corrected chi connectivity index (χ1v) is 9.66. The van der Waals surface area contributed by atoms with E-state index >= 15 is 0 Å². The van der Waals surface area contributed by atoms with Crippen LogP contribution >= 0.6 is 0 Å². The summed E-state index contributed by atoms with van der Waals surface area (Å²) in [6.07, 6.45) is -3.83. The van der Waals surface area contributed by atoms with Crippen molar-refractivity contribution in [2.75, 3.05) is 25.0 Å². The number of halogens is 4. The molecule has 1 amide bonds. The Morgan fingerprint density at radius 3 is 2.32 bits per heavy atom. The van der Waals surface area contributed by atoms with Gasteiger partial charge in [-0.25, -0.2) is 4.39 Å². The number of benzene rings is 2. The monoisotopic (exact) mass is 439 g/mol. The van der Waals surface area contributed by atoms with Crippen molar-refractivity contribution in [1.82, 2.24) is 4.90 Å². The topological polar surface area (TPSA) is 66.7 Å². The minimum Gasteiger partial charge on any atom is -0.366 e. The van der Waals surface area contributed by atoms with Crippen molar-refractivity contribution in [2.45, 2.75) is 25.6 Å². The highest BCUT2D eigenvalue weighted by atomic mass is 19.4. The average molecular weight is 439 g/mol. The summed E-state index contributed by atoms with van der Waals surface area (Å²) in [5.41, 5.74) is -0.776. The molecule has 1 fully saturated rings. The molecule has 10 heteroatoms. The van der Waals surface area contributed by atoms with Crippen molar-refractivity contribution in [2.24, 2.45) is 5.92 Å². The SMILES string of the molecule is CN(Cc1ccc(F)cc1)C(=O)C1CCN(c2ccc(C(F)(F)F)cc2[N+](=O)[O-])CC1. The van der Waals surface area contributed by atoms with E-state index in [1.54, 1.807) is 29.0 Å². The predicted molar refractivity (Wildman–Crippen MR) is 106 cm³/mol. The molecule has 0 saturated carbocycles. The number of amides is 1. The number of nitro benzene ring substituents is 1. The lowest BCUT2D eigenvalue weighted by atomic mass is 9.94. The maximum absolute atomic E-state index is 13.0. The van der Waals surface area contributed by atoms with Crippen LogP contribution in [0.4, 0.5) is 28.9 Å². The third-order valence-corrected chi connectivity index (χ3v) is 5.39. The van der Waals surface area contributed by atoms with Crippen LogP contribution in [-0.2, 0) is 17.5 Å². The molecule has 1 aliphatic heterocycles. The molecule has 2 aromatic carbocycles. The first-order chi connectivity index (χ1) is 14.6. The Balaban J connectivity index is 1.65. The Hall–Kier alpha value is -3.17. The standard InChI is InChI=1S/C21H21F4N3O3/c1-26(13-14-2-5-17(22)6-3-14)20(29)15-8-10-27(11-9-15)18-7-4-16(21(23,24)25)12-19(18)28(30)31/h2-7,12,15H,8-11,13H2,1H3. The van der Waals surface area contributed by atoms with Gasteiger partial charge in [0.25, 0.3) is 5.69 Å². The van der Waals surface area contributed by atoms with E-state index in [-0.39, 0.29) is 23.3 Å². The van der Waals surface area contributed by atoms with Gasteiger partial charge in [0.2, 0.25) is 5.91 Å². The van der Waals surface area contributed by atoms with Gasteiger partial charge in [-0.3, -0.25) is 14.9 Å². The maximum atomic E-state index is 13.0. The van der Waals surface area contributed by atoms with E-state index in [1.165, 1.54) is 12.1 Å². The van der Waals surface area contributed by atoms with E-state index < -0.39 is 22.4 Å². The van der Waals surface area contributed by atoms with Crippen molar-refractivity contribution in [3.63, 3.8) is 0 Å². The normalized spacial score (nSPS) is 15.1. The molecule has 31 heavy (non-hydrogen) atoms. The molecule has 0 N–H and O–H groups in total. The number of carbonyl (C=O) groups excluding carboxylic acids is 1. The summed E-state index contributed by atoms with van der Waals surface area (Å²) in [5.74, 6) is -0.747. The van der Waals surface area contributed by atoms with Crippen LogP contribution in [0, 0.1) is 21.8 Å². The lowest BCUT2D eigenvalue weighted by molar-refractivity contribution is -0.384. The first-order valence-electron chi connectivity index (χ1n) is 9.66. The van der Waals surface area contributed by atoms with Gasteiger partial charge < -0.3 is 9.80 Å². The molecule has 0 unspecified atom stereocenters. The van der Waals surface area contributed by atoms with E-state index in [0.29, 0.717) is 38.5 Å². The smallest absolute Gasteiger partial charge is 0.366 e. The van der Waals surface area contributed by atoms with E-state index in [2.05, 4.69) is 0 Å². The van der Waals surface area contributed by atoms with Crippen molar-refractivity contribution in [3.8, 4) is 0 Å². The van der Waals surface area contributed by atoms with Gasteiger partial charge in [0.05, 0.1) is 10.5 Å². The van der Waals surface area contributed by atoms with Gasteiger partial charge in [-0.05, 0) is 42.7 Å². The summed E-state index contributed by atoms with van der Waals surface area (Å²) in [6.45, 7) is 0.948. The van der Waals surface area contributed by atoms with Gasteiger partial charge in [-0.2, -0.15) is 13.2 Å². The number of hydrogen-bond acceptors (Lipinski definition) is 4. The Kier molecular flexibility index (Phi) is 6.47. The van der Waals surface area contributed by atoms with Crippen molar-refractivity contribution in [1.29, 1.82) is 0 Å². The number of anilines is 1. The predicted octanol–water partition coefficient (Wildman–Crippen LogP) is 4.63. The Labute approximate surface area is 176 Å². The number of nitro groups is 1. The summed E-state index contributed by atoms with van der Waals surface area (Å²) >= 11 is 0.